The number of hydrogen-bond donors (Lipinski definition) is 2. The Kier molecular flexibility index (Phi) is 5.44. The molecular formula is C22H22N2O2. The molecule has 1 aromatic heterocycles. The second-order valence-corrected chi connectivity index (χ2v) is 6.33. The minimum atomic E-state index is -0.737. The van der Waals surface area contributed by atoms with E-state index in [-0.39, 0.29) is 12.5 Å². The Bertz CT molecular complexity index is 890. The topological polar surface area (TPSA) is 62.2 Å². The Morgan fingerprint density at radius 2 is 1.81 bits per heavy atom. The normalized spacial score (nSPS) is 11.8. The zero-order valence-electron chi connectivity index (χ0n) is 14.9. The van der Waals surface area contributed by atoms with Crippen molar-refractivity contribution >= 4 is 5.91 Å². The standard InChI is InChI=1S/C22H22N2O2/c1-15-9-11-17(12-10-15)21(25)14-24-22(26)19-7-5-6-18(16(19)2)20-8-3-4-13-23-20/h3-13,21,25H,14H2,1-2H3,(H,24,26)/t21-/m1/s1. The molecule has 0 saturated carbocycles. The van der Waals surface area contributed by atoms with E-state index in [4.69, 9.17) is 0 Å². The van der Waals surface area contributed by atoms with Gasteiger partial charge in [-0.25, -0.2) is 0 Å². The van der Waals surface area contributed by atoms with Crippen LogP contribution in [0.1, 0.15) is 33.2 Å². The minimum absolute atomic E-state index is 0.162. The van der Waals surface area contributed by atoms with Crippen molar-refractivity contribution in [3.05, 3.63) is 89.1 Å². The number of aromatic nitrogens is 1. The smallest absolute Gasteiger partial charge is 0.251 e. The van der Waals surface area contributed by atoms with Crippen LogP contribution in [0.5, 0.6) is 0 Å². The summed E-state index contributed by atoms with van der Waals surface area (Å²) in [6.07, 6.45) is 0.998. The number of nitrogens with one attached hydrogen (secondary N) is 1. The molecule has 0 unspecified atom stereocenters. The van der Waals surface area contributed by atoms with E-state index < -0.39 is 6.10 Å². The van der Waals surface area contributed by atoms with Gasteiger partial charge in [-0.2, -0.15) is 0 Å². The van der Waals surface area contributed by atoms with Gasteiger partial charge in [0.15, 0.2) is 0 Å². The molecule has 26 heavy (non-hydrogen) atoms. The fourth-order valence-electron chi connectivity index (χ4n) is 2.87. The van der Waals surface area contributed by atoms with Gasteiger partial charge >= 0.3 is 0 Å². The van der Waals surface area contributed by atoms with Gasteiger partial charge in [0.25, 0.3) is 5.91 Å². The van der Waals surface area contributed by atoms with Crippen molar-refractivity contribution in [2.75, 3.05) is 6.54 Å². The van der Waals surface area contributed by atoms with E-state index in [1.165, 1.54) is 0 Å². The predicted octanol–water partition coefficient (Wildman–Crippen LogP) is 3.83. The van der Waals surface area contributed by atoms with Gasteiger partial charge in [-0.05, 0) is 43.2 Å². The average Bonchev–Trinajstić information content (AvgIpc) is 2.67. The zero-order chi connectivity index (χ0) is 18.5. The Balaban J connectivity index is 1.73. The van der Waals surface area contributed by atoms with E-state index in [0.717, 1.165) is 27.9 Å². The number of aliphatic hydroxyl groups is 1. The maximum Gasteiger partial charge on any atom is 0.251 e. The van der Waals surface area contributed by atoms with Crippen LogP contribution >= 0.6 is 0 Å². The Morgan fingerprint density at radius 1 is 1.04 bits per heavy atom. The maximum absolute atomic E-state index is 12.6. The summed E-state index contributed by atoms with van der Waals surface area (Å²) in [5.41, 5.74) is 5.14. The molecule has 0 bridgehead atoms. The van der Waals surface area contributed by atoms with Gasteiger partial charge in [0, 0.05) is 23.9 Å². The molecule has 0 radical (unpaired) electrons. The number of carbonyl (C=O) groups is 1. The van der Waals surface area contributed by atoms with Crippen LogP contribution in [0.3, 0.4) is 0 Å². The summed E-state index contributed by atoms with van der Waals surface area (Å²) in [6.45, 7) is 4.07. The van der Waals surface area contributed by atoms with Gasteiger partial charge in [0.05, 0.1) is 11.8 Å². The fraction of sp³-hybridized carbons (Fsp3) is 0.182. The van der Waals surface area contributed by atoms with Crippen molar-refractivity contribution in [2.24, 2.45) is 0 Å². The first-order valence-electron chi connectivity index (χ1n) is 8.60. The molecule has 1 atom stereocenters. The van der Waals surface area contributed by atoms with Crippen molar-refractivity contribution in [2.45, 2.75) is 20.0 Å². The first kappa shape index (κ1) is 17.8. The van der Waals surface area contributed by atoms with Crippen LogP contribution in [-0.4, -0.2) is 22.5 Å². The lowest BCUT2D eigenvalue weighted by Gasteiger charge is -2.14. The Hall–Kier alpha value is -2.98. The molecule has 3 rings (SSSR count). The summed E-state index contributed by atoms with van der Waals surface area (Å²) >= 11 is 0. The van der Waals surface area contributed by atoms with Crippen LogP contribution in [0.2, 0.25) is 0 Å². The lowest BCUT2D eigenvalue weighted by molar-refractivity contribution is 0.0915. The maximum atomic E-state index is 12.6. The molecule has 2 N–H and O–H groups in total. The van der Waals surface area contributed by atoms with E-state index >= 15 is 0 Å². The van der Waals surface area contributed by atoms with Gasteiger partial charge in [-0.15, -0.1) is 0 Å². The molecule has 1 heterocycles. The second-order valence-electron chi connectivity index (χ2n) is 6.33. The SMILES string of the molecule is Cc1ccc([C@H](O)CNC(=O)c2cccc(-c3ccccn3)c2C)cc1. The van der Waals surface area contributed by atoms with E-state index in [9.17, 15) is 9.90 Å². The number of aliphatic hydroxyl groups excluding tert-OH is 1. The summed E-state index contributed by atoms with van der Waals surface area (Å²) in [7, 11) is 0. The van der Waals surface area contributed by atoms with Crippen molar-refractivity contribution in [3.8, 4) is 11.3 Å². The van der Waals surface area contributed by atoms with E-state index in [0.29, 0.717) is 5.56 Å². The highest BCUT2D eigenvalue weighted by molar-refractivity contribution is 5.97. The highest BCUT2D eigenvalue weighted by Gasteiger charge is 2.15. The monoisotopic (exact) mass is 346 g/mol. The largest absolute Gasteiger partial charge is 0.387 e. The average molecular weight is 346 g/mol. The van der Waals surface area contributed by atoms with Crippen molar-refractivity contribution < 1.29 is 9.90 Å². The van der Waals surface area contributed by atoms with Gasteiger partial charge in [-0.1, -0.05) is 48.0 Å². The molecule has 4 heteroatoms. The van der Waals surface area contributed by atoms with Crippen molar-refractivity contribution in [3.63, 3.8) is 0 Å². The molecule has 0 aliphatic rings. The minimum Gasteiger partial charge on any atom is -0.387 e. The first-order valence-corrected chi connectivity index (χ1v) is 8.60. The highest BCUT2D eigenvalue weighted by atomic mass is 16.3. The molecule has 1 amide bonds. The molecule has 0 spiro atoms. The molecule has 0 fully saturated rings. The number of aryl methyl sites for hydroxylation is 1. The van der Waals surface area contributed by atoms with Crippen LogP contribution in [-0.2, 0) is 0 Å². The summed E-state index contributed by atoms with van der Waals surface area (Å²) < 4.78 is 0. The third kappa shape index (κ3) is 3.98. The summed E-state index contributed by atoms with van der Waals surface area (Å²) in [5, 5.41) is 13.1. The van der Waals surface area contributed by atoms with Crippen LogP contribution in [0.4, 0.5) is 0 Å². The molecule has 0 aliphatic carbocycles. The molecular weight excluding hydrogens is 324 g/mol. The van der Waals surface area contributed by atoms with E-state index in [2.05, 4.69) is 10.3 Å². The molecule has 3 aromatic rings. The molecule has 0 saturated heterocycles. The van der Waals surface area contributed by atoms with Crippen LogP contribution in [0, 0.1) is 13.8 Å². The quantitative estimate of drug-likeness (QED) is 0.738. The van der Waals surface area contributed by atoms with Crippen molar-refractivity contribution in [1.82, 2.24) is 10.3 Å². The number of hydrogen-bond acceptors (Lipinski definition) is 3. The highest BCUT2D eigenvalue weighted by Crippen LogP contribution is 2.24. The van der Waals surface area contributed by atoms with Gasteiger partial charge < -0.3 is 10.4 Å². The molecule has 132 valence electrons. The van der Waals surface area contributed by atoms with Crippen molar-refractivity contribution in [1.29, 1.82) is 0 Å². The lowest BCUT2D eigenvalue weighted by Crippen LogP contribution is -2.29. The first-order chi connectivity index (χ1) is 12.6. The fourth-order valence-corrected chi connectivity index (χ4v) is 2.87. The molecule has 0 aliphatic heterocycles. The van der Waals surface area contributed by atoms with Gasteiger partial charge in [0.2, 0.25) is 0 Å². The zero-order valence-corrected chi connectivity index (χ0v) is 14.9. The molecule has 4 nitrogen and oxygen atoms in total. The number of nitrogens with zero attached hydrogens (tertiary/aromatic N) is 1. The number of amides is 1. The van der Waals surface area contributed by atoms with Crippen LogP contribution < -0.4 is 5.32 Å². The number of benzene rings is 2. The Labute approximate surface area is 153 Å². The van der Waals surface area contributed by atoms with Gasteiger partial charge in [-0.3, -0.25) is 9.78 Å². The number of rotatable bonds is 5. The second kappa shape index (κ2) is 7.93. The lowest BCUT2D eigenvalue weighted by atomic mass is 9.99. The number of pyridine rings is 1. The van der Waals surface area contributed by atoms with Crippen LogP contribution in [0.25, 0.3) is 11.3 Å². The summed E-state index contributed by atoms with van der Waals surface area (Å²) in [5.74, 6) is -0.202. The van der Waals surface area contributed by atoms with E-state index in [1.807, 2.05) is 68.4 Å². The number of carbonyl (C=O) groups excluding carboxylic acids is 1. The summed E-state index contributed by atoms with van der Waals surface area (Å²) in [6, 6.07) is 18.9. The van der Waals surface area contributed by atoms with E-state index in [1.54, 1.807) is 12.3 Å². The Morgan fingerprint density at radius 3 is 2.50 bits per heavy atom. The van der Waals surface area contributed by atoms with Crippen LogP contribution in [0.15, 0.2) is 66.9 Å². The predicted molar refractivity (Wildman–Crippen MR) is 103 cm³/mol. The van der Waals surface area contributed by atoms with Gasteiger partial charge in [0.1, 0.15) is 0 Å². The molecule has 2 aromatic carbocycles. The third-order valence-corrected chi connectivity index (χ3v) is 4.44. The third-order valence-electron chi connectivity index (χ3n) is 4.44. The summed E-state index contributed by atoms with van der Waals surface area (Å²) in [4.78, 5) is 17.0.